The lowest BCUT2D eigenvalue weighted by atomic mass is 10.1. The van der Waals surface area contributed by atoms with Crippen molar-refractivity contribution >= 4 is 50.4 Å². The summed E-state index contributed by atoms with van der Waals surface area (Å²) in [5.41, 5.74) is 1.07. The van der Waals surface area contributed by atoms with Gasteiger partial charge in [0.25, 0.3) is 0 Å². The zero-order valence-corrected chi connectivity index (χ0v) is 19.5. The molecular formula is C25H22BrNO6. The molecule has 0 aliphatic carbocycles. The molecular weight excluding hydrogens is 490 g/mol. The number of carbonyl (C=O) groups excluding carboxylic acids is 3. The van der Waals surface area contributed by atoms with Gasteiger partial charge in [0, 0.05) is 15.4 Å². The number of hydrogen-bond donors (Lipinski definition) is 1. The Bertz CT molecular complexity index is 1190. The number of fused-ring (bicyclic) bond motifs is 1. The maximum atomic E-state index is 12.6. The fraction of sp³-hybridized carbons (Fsp3) is 0.160. The predicted octanol–water partition coefficient (Wildman–Crippen LogP) is 5.50. The zero-order valence-electron chi connectivity index (χ0n) is 17.9. The van der Waals surface area contributed by atoms with Crippen LogP contribution in [0.4, 0.5) is 10.5 Å². The van der Waals surface area contributed by atoms with E-state index in [9.17, 15) is 14.4 Å². The van der Waals surface area contributed by atoms with E-state index in [0.717, 1.165) is 10.8 Å². The Morgan fingerprint density at radius 2 is 1.61 bits per heavy atom. The zero-order chi connectivity index (χ0) is 23.8. The molecule has 3 aromatic carbocycles. The van der Waals surface area contributed by atoms with Crippen molar-refractivity contribution in [1.82, 2.24) is 0 Å². The standard InChI is InChI=1S/C25H22BrNO6/c1-16(2)23(28)31-14-18(15-32-24(29)20-11-5-6-12-21(20)26)33-25(30)27-22-13-7-9-17-8-3-4-10-19(17)22/h3-13,18H,1,14-15H2,2H3,(H,27,30). The van der Waals surface area contributed by atoms with Crippen LogP contribution in [0.2, 0.25) is 0 Å². The highest BCUT2D eigenvalue weighted by molar-refractivity contribution is 9.10. The molecule has 0 spiro atoms. The summed E-state index contributed by atoms with van der Waals surface area (Å²) in [5.74, 6) is -1.26. The van der Waals surface area contributed by atoms with Crippen LogP contribution in [0, 0.1) is 0 Å². The first-order chi connectivity index (χ1) is 15.8. The van der Waals surface area contributed by atoms with Crippen LogP contribution in [-0.4, -0.2) is 37.3 Å². The highest BCUT2D eigenvalue weighted by Crippen LogP contribution is 2.23. The number of carbonyl (C=O) groups is 3. The summed E-state index contributed by atoms with van der Waals surface area (Å²) in [6.45, 7) is 4.39. The highest BCUT2D eigenvalue weighted by Gasteiger charge is 2.21. The lowest BCUT2D eigenvalue weighted by Crippen LogP contribution is -2.32. The molecule has 3 aromatic rings. The smallest absolute Gasteiger partial charge is 0.412 e. The average molecular weight is 512 g/mol. The maximum absolute atomic E-state index is 12.6. The van der Waals surface area contributed by atoms with Crippen LogP contribution in [-0.2, 0) is 19.0 Å². The van der Waals surface area contributed by atoms with E-state index < -0.39 is 24.1 Å². The summed E-state index contributed by atoms with van der Waals surface area (Å²) in [6.07, 6.45) is -1.81. The minimum Gasteiger partial charge on any atom is -0.458 e. The number of ether oxygens (including phenoxy) is 3. The second-order valence-electron chi connectivity index (χ2n) is 7.14. The molecule has 0 radical (unpaired) electrons. The normalized spacial score (nSPS) is 11.3. The minimum atomic E-state index is -1.03. The SMILES string of the molecule is C=C(C)C(=O)OCC(COC(=O)c1ccccc1Br)OC(=O)Nc1cccc2ccccc12. The van der Waals surface area contributed by atoms with E-state index in [1.807, 2.05) is 36.4 Å². The molecule has 7 nitrogen and oxygen atoms in total. The van der Waals surface area contributed by atoms with Gasteiger partial charge in [0.15, 0.2) is 6.10 Å². The minimum absolute atomic E-state index is 0.194. The predicted molar refractivity (Wildman–Crippen MR) is 128 cm³/mol. The largest absolute Gasteiger partial charge is 0.458 e. The number of benzene rings is 3. The quantitative estimate of drug-likeness (QED) is 0.244. The van der Waals surface area contributed by atoms with Gasteiger partial charge >= 0.3 is 18.0 Å². The van der Waals surface area contributed by atoms with Crippen LogP contribution < -0.4 is 5.32 Å². The fourth-order valence-corrected chi connectivity index (χ4v) is 3.35. The Kier molecular flexibility index (Phi) is 8.21. The average Bonchev–Trinajstić information content (AvgIpc) is 2.80. The van der Waals surface area contributed by atoms with E-state index in [0.29, 0.717) is 15.7 Å². The summed E-state index contributed by atoms with van der Waals surface area (Å²) >= 11 is 3.29. The fourth-order valence-electron chi connectivity index (χ4n) is 2.91. The van der Waals surface area contributed by atoms with E-state index in [-0.39, 0.29) is 18.8 Å². The number of rotatable bonds is 8. The van der Waals surface area contributed by atoms with Crippen molar-refractivity contribution in [3.05, 3.63) is 88.9 Å². The molecule has 0 aliphatic heterocycles. The first kappa shape index (κ1) is 24.0. The van der Waals surface area contributed by atoms with Crippen molar-refractivity contribution in [2.75, 3.05) is 18.5 Å². The highest BCUT2D eigenvalue weighted by atomic mass is 79.9. The summed E-state index contributed by atoms with van der Waals surface area (Å²) in [6, 6.07) is 19.8. The van der Waals surface area contributed by atoms with Crippen molar-refractivity contribution in [1.29, 1.82) is 0 Å². The Labute approximate surface area is 199 Å². The Balaban J connectivity index is 1.68. The third kappa shape index (κ3) is 6.66. The van der Waals surface area contributed by atoms with Gasteiger partial charge in [-0.15, -0.1) is 0 Å². The van der Waals surface area contributed by atoms with E-state index in [2.05, 4.69) is 27.8 Å². The molecule has 33 heavy (non-hydrogen) atoms. The Morgan fingerprint density at radius 3 is 2.36 bits per heavy atom. The molecule has 1 atom stereocenters. The topological polar surface area (TPSA) is 90.9 Å². The van der Waals surface area contributed by atoms with E-state index in [1.54, 1.807) is 30.3 Å². The third-order valence-electron chi connectivity index (χ3n) is 4.54. The monoisotopic (exact) mass is 511 g/mol. The number of amides is 1. The van der Waals surface area contributed by atoms with Gasteiger partial charge in [-0.05, 0) is 46.4 Å². The molecule has 0 saturated carbocycles. The second kappa shape index (κ2) is 11.3. The molecule has 8 heteroatoms. The van der Waals surface area contributed by atoms with Crippen LogP contribution in [0.3, 0.4) is 0 Å². The van der Waals surface area contributed by atoms with Gasteiger partial charge < -0.3 is 14.2 Å². The van der Waals surface area contributed by atoms with Gasteiger partial charge in [-0.1, -0.05) is 55.1 Å². The Morgan fingerprint density at radius 1 is 0.939 bits per heavy atom. The van der Waals surface area contributed by atoms with Crippen LogP contribution in [0.5, 0.6) is 0 Å². The van der Waals surface area contributed by atoms with Crippen molar-refractivity contribution in [3.8, 4) is 0 Å². The Hall–Kier alpha value is -3.65. The van der Waals surface area contributed by atoms with Crippen LogP contribution in [0.1, 0.15) is 17.3 Å². The van der Waals surface area contributed by atoms with E-state index >= 15 is 0 Å². The summed E-state index contributed by atoms with van der Waals surface area (Å²) < 4.78 is 16.4. The number of hydrogen-bond acceptors (Lipinski definition) is 6. The first-order valence-corrected chi connectivity index (χ1v) is 10.8. The van der Waals surface area contributed by atoms with Crippen LogP contribution in [0.25, 0.3) is 10.8 Å². The number of halogens is 1. The van der Waals surface area contributed by atoms with Crippen molar-refractivity contribution in [2.45, 2.75) is 13.0 Å². The lowest BCUT2D eigenvalue weighted by molar-refractivity contribution is -0.142. The van der Waals surface area contributed by atoms with E-state index in [1.165, 1.54) is 6.92 Å². The molecule has 0 heterocycles. The molecule has 0 aliphatic rings. The van der Waals surface area contributed by atoms with Gasteiger partial charge in [-0.2, -0.15) is 0 Å². The van der Waals surface area contributed by atoms with Gasteiger partial charge in [0.05, 0.1) is 11.3 Å². The lowest BCUT2D eigenvalue weighted by Gasteiger charge is -2.19. The second-order valence-corrected chi connectivity index (χ2v) is 7.99. The van der Waals surface area contributed by atoms with Gasteiger partial charge in [-0.25, -0.2) is 14.4 Å². The molecule has 0 bridgehead atoms. The summed E-state index contributed by atoms with van der Waals surface area (Å²) in [5, 5.41) is 4.47. The molecule has 0 aromatic heterocycles. The molecule has 1 amide bonds. The number of nitrogens with one attached hydrogen (secondary N) is 1. The third-order valence-corrected chi connectivity index (χ3v) is 5.23. The molecule has 3 rings (SSSR count). The van der Waals surface area contributed by atoms with Crippen molar-refractivity contribution < 1.29 is 28.6 Å². The number of anilines is 1. The van der Waals surface area contributed by atoms with Crippen molar-refractivity contribution in [2.24, 2.45) is 0 Å². The van der Waals surface area contributed by atoms with E-state index in [4.69, 9.17) is 14.2 Å². The molecule has 0 fully saturated rings. The van der Waals surface area contributed by atoms with Gasteiger partial charge in [0.1, 0.15) is 13.2 Å². The number of esters is 2. The van der Waals surface area contributed by atoms with Crippen LogP contribution >= 0.6 is 15.9 Å². The molecule has 0 saturated heterocycles. The summed E-state index contributed by atoms with van der Waals surface area (Å²) in [7, 11) is 0. The van der Waals surface area contributed by atoms with Crippen LogP contribution in [0.15, 0.2) is 83.4 Å². The van der Waals surface area contributed by atoms with Crippen molar-refractivity contribution in [3.63, 3.8) is 0 Å². The summed E-state index contributed by atoms with van der Waals surface area (Å²) in [4.78, 5) is 36.8. The first-order valence-electron chi connectivity index (χ1n) is 10.0. The molecule has 1 N–H and O–H groups in total. The van der Waals surface area contributed by atoms with Gasteiger partial charge in [-0.3, -0.25) is 5.32 Å². The maximum Gasteiger partial charge on any atom is 0.412 e. The van der Waals surface area contributed by atoms with Gasteiger partial charge in [0.2, 0.25) is 0 Å². The molecule has 170 valence electrons. The molecule has 1 unspecified atom stereocenters.